The lowest BCUT2D eigenvalue weighted by Crippen LogP contribution is -2.30. The highest BCUT2D eigenvalue weighted by atomic mass is 16.6. The minimum atomic E-state index is -0.766. The van der Waals surface area contributed by atoms with Crippen molar-refractivity contribution in [3.8, 4) is 0 Å². The molecule has 408 valence electrons. The number of hydrogen-bond donors (Lipinski definition) is 0. The van der Waals surface area contributed by atoms with Gasteiger partial charge in [-0.15, -0.1) is 0 Å². The first kappa shape index (κ1) is 67.1. The fraction of sp³-hybridized carbons (Fsp3) is 0.921. The number of allylic oxidation sites excluding steroid dienone is 2. The summed E-state index contributed by atoms with van der Waals surface area (Å²) in [7, 11) is 0. The normalized spacial score (nSPS) is 12.0. The first-order valence-electron chi connectivity index (χ1n) is 31.2. The number of carbonyl (C=O) groups is 3. The SMILES string of the molecule is CCCCCCCC/C=C\CCCCCCCCCC(=O)OC[C@H](COC(=O)CCCCCCCCCCCCCCC)OC(=O)CCCCCCCCCCCCCCCCCCCCCCC. The van der Waals surface area contributed by atoms with Gasteiger partial charge in [-0.3, -0.25) is 14.4 Å². The number of carbonyl (C=O) groups excluding carboxylic acids is 3. The predicted octanol–water partition coefficient (Wildman–Crippen LogP) is 20.9. The number of unbranched alkanes of at least 4 members (excludes halogenated alkanes) is 45. The lowest BCUT2D eigenvalue weighted by atomic mass is 10.0. The van der Waals surface area contributed by atoms with Gasteiger partial charge in [-0.25, -0.2) is 0 Å². The van der Waals surface area contributed by atoms with E-state index in [0.29, 0.717) is 19.3 Å². The van der Waals surface area contributed by atoms with E-state index in [4.69, 9.17) is 14.2 Å². The van der Waals surface area contributed by atoms with E-state index in [9.17, 15) is 14.4 Å². The zero-order valence-corrected chi connectivity index (χ0v) is 46.9. The van der Waals surface area contributed by atoms with Crippen molar-refractivity contribution >= 4 is 17.9 Å². The van der Waals surface area contributed by atoms with Crippen LogP contribution in [0.25, 0.3) is 0 Å². The van der Waals surface area contributed by atoms with Gasteiger partial charge in [-0.2, -0.15) is 0 Å². The Hall–Kier alpha value is -1.85. The molecule has 0 rings (SSSR count). The smallest absolute Gasteiger partial charge is 0.306 e. The average Bonchev–Trinajstić information content (AvgIpc) is 3.35. The molecule has 0 aliphatic rings. The Bertz CT molecular complexity index is 1070. The maximum Gasteiger partial charge on any atom is 0.306 e. The van der Waals surface area contributed by atoms with Gasteiger partial charge in [0.05, 0.1) is 0 Å². The molecule has 6 nitrogen and oxygen atoms in total. The fourth-order valence-electron chi connectivity index (χ4n) is 9.56. The van der Waals surface area contributed by atoms with Crippen molar-refractivity contribution in [3.63, 3.8) is 0 Å². The molecule has 0 N–H and O–H groups in total. The van der Waals surface area contributed by atoms with Gasteiger partial charge in [0.1, 0.15) is 13.2 Å². The Balaban J connectivity index is 4.27. The molecule has 0 aliphatic carbocycles. The molecule has 0 spiro atoms. The Kier molecular flexibility index (Phi) is 57.1. The standard InChI is InChI=1S/C63H120O6/c1-4-7-10-13-16-19-22-25-27-29-30-31-32-34-36-39-42-45-48-51-54-57-63(66)69-60(58-67-61(64)55-52-49-46-43-40-37-24-21-18-15-12-9-6-3)59-68-62(65)56-53-50-47-44-41-38-35-33-28-26-23-20-17-14-11-8-5-2/h26,28,60H,4-25,27,29-59H2,1-3H3/b28-26-/t60-/m0/s1. The molecule has 0 heterocycles. The molecule has 0 aromatic heterocycles. The molecule has 0 aromatic carbocycles. The Labute approximate surface area is 431 Å². The highest BCUT2D eigenvalue weighted by Crippen LogP contribution is 2.18. The lowest BCUT2D eigenvalue weighted by molar-refractivity contribution is -0.167. The van der Waals surface area contributed by atoms with Crippen molar-refractivity contribution in [2.24, 2.45) is 0 Å². The summed E-state index contributed by atoms with van der Waals surface area (Å²) in [5.74, 6) is -0.841. The molecular weight excluding hydrogens is 853 g/mol. The zero-order chi connectivity index (χ0) is 50.0. The quantitative estimate of drug-likeness (QED) is 0.0261. The molecule has 0 aromatic rings. The second-order valence-electron chi connectivity index (χ2n) is 21.3. The van der Waals surface area contributed by atoms with E-state index < -0.39 is 6.10 Å². The van der Waals surface area contributed by atoms with Crippen LogP contribution in [0.5, 0.6) is 0 Å². The number of ether oxygens (including phenoxy) is 3. The van der Waals surface area contributed by atoms with Crippen LogP contribution in [0.3, 0.4) is 0 Å². The largest absolute Gasteiger partial charge is 0.462 e. The summed E-state index contributed by atoms with van der Waals surface area (Å²) >= 11 is 0. The molecule has 0 aliphatic heterocycles. The van der Waals surface area contributed by atoms with Crippen LogP contribution in [0.15, 0.2) is 12.2 Å². The summed E-state index contributed by atoms with van der Waals surface area (Å²) in [6.45, 7) is 6.70. The Morgan fingerprint density at radius 1 is 0.275 bits per heavy atom. The molecule has 1 atom stereocenters. The molecule has 0 unspecified atom stereocenters. The van der Waals surface area contributed by atoms with Crippen LogP contribution in [0.4, 0.5) is 0 Å². The summed E-state index contributed by atoms with van der Waals surface area (Å²) in [5, 5.41) is 0. The van der Waals surface area contributed by atoms with E-state index >= 15 is 0 Å². The first-order valence-corrected chi connectivity index (χ1v) is 31.2. The number of rotatable bonds is 58. The molecule has 69 heavy (non-hydrogen) atoms. The zero-order valence-electron chi connectivity index (χ0n) is 46.9. The topological polar surface area (TPSA) is 78.9 Å². The summed E-state index contributed by atoms with van der Waals surface area (Å²) in [5.41, 5.74) is 0. The molecule has 0 radical (unpaired) electrons. The lowest BCUT2D eigenvalue weighted by Gasteiger charge is -2.18. The molecular formula is C63H120O6. The summed E-state index contributed by atoms with van der Waals surface area (Å²) in [4.78, 5) is 38.2. The third kappa shape index (κ3) is 56.9. The Morgan fingerprint density at radius 2 is 0.478 bits per heavy atom. The second-order valence-corrected chi connectivity index (χ2v) is 21.3. The number of esters is 3. The van der Waals surface area contributed by atoms with Gasteiger partial charge >= 0.3 is 17.9 Å². The Morgan fingerprint density at radius 3 is 0.725 bits per heavy atom. The van der Waals surface area contributed by atoms with E-state index in [1.54, 1.807) is 0 Å². The van der Waals surface area contributed by atoms with Crippen molar-refractivity contribution in [2.45, 2.75) is 361 Å². The van der Waals surface area contributed by atoms with E-state index in [-0.39, 0.29) is 31.1 Å². The monoisotopic (exact) mass is 973 g/mol. The van der Waals surface area contributed by atoms with Crippen molar-refractivity contribution in [1.82, 2.24) is 0 Å². The fourth-order valence-corrected chi connectivity index (χ4v) is 9.56. The third-order valence-electron chi connectivity index (χ3n) is 14.3. The van der Waals surface area contributed by atoms with Crippen LogP contribution in [0.2, 0.25) is 0 Å². The minimum absolute atomic E-state index is 0.0650. The first-order chi connectivity index (χ1) is 34.0. The third-order valence-corrected chi connectivity index (χ3v) is 14.3. The van der Waals surface area contributed by atoms with Gasteiger partial charge < -0.3 is 14.2 Å². The summed E-state index contributed by atoms with van der Waals surface area (Å²) in [6, 6.07) is 0. The van der Waals surface area contributed by atoms with E-state index in [2.05, 4.69) is 32.9 Å². The van der Waals surface area contributed by atoms with Gasteiger partial charge in [-0.1, -0.05) is 303 Å². The van der Waals surface area contributed by atoms with Gasteiger partial charge in [0.25, 0.3) is 0 Å². The van der Waals surface area contributed by atoms with Crippen molar-refractivity contribution in [3.05, 3.63) is 12.2 Å². The maximum atomic E-state index is 12.9. The van der Waals surface area contributed by atoms with E-state index in [0.717, 1.165) is 57.8 Å². The van der Waals surface area contributed by atoms with Crippen LogP contribution in [0.1, 0.15) is 355 Å². The summed E-state index contributed by atoms with van der Waals surface area (Å²) < 4.78 is 16.9. The minimum Gasteiger partial charge on any atom is -0.462 e. The van der Waals surface area contributed by atoms with Gasteiger partial charge in [-0.05, 0) is 44.9 Å². The van der Waals surface area contributed by atoms with Crippen LogP contribution >= 0.6 is 0 Å². The van der Waals surface area contributed by atoms with E-state index in [1.165, 1.54) is 257 Å². The van der Waals surface area contributed by atoms with Crippen molar-refractivity contribution in [1.29, 1.82) is 0 Å². The van der Waals surface area contributed by atoms with Crippen LogP contribution < -0.4 is 0 Å². The summed E-state index contributed by atoms with van der Waals surface area (Å²) in [6.07, 6.45) is 67.8. The predicted molar refractivity (Wildman–Crippen MR) is 298 cm³/mol. The van der Waals surface area contributed by atoms with Crippen LogP contribution in [-0.2, 0) is 28.6 Å². The average molecular weight is 974 g/mol. The van der Waals surface area contributed by atoms with Gasteiger partial charge in [0, 0.05) is 19.3 Å². The second kappa shape index (κ2) is 58.7. The van der Waals surface area contributed by atoms with Crippen LogP contribution in [0, 0.1) is 0 Å². The molecule has 0 saturated carbocycles. The molecule has 0 saturated heterocycles. The van der Waals surface area contributed by atoms with Crippen LogP contribution in [-0.4, -0.2) is 37.2 Å². The van der Waals surface area contributed by atoms with Gasteiger partial charge in [0.15, 0.2) is 6.10 Å². The highest BCUT2D eigenvalue weighted by Gasteiger charge is 2.19. The highest BCUT2D eigenvalue weighted by molar-refractivity contribution is 5.71. The number of hydrogen-bond acceptors (Lipinski definition) is 6. The molecule has 0 amide bonds. The molecule has 0 bridgehead atoms. The molecule has 0 fully saturated rings. The van der Waals surface area contributed by atoms with E-state index in [1.807, 2.05) is 0 Å². The van der Waals surface area contributed by atoms with Gasteiger partial charge in [0.2, 0.25) is 0 Å². The maximum absolute atomic E-state index is 12.9. The molecule has 6 heteroatoms. The van der Waals surface area contributed by atoms with Crippen molar-refractivity contribution in [2.75, 3.05) is 13.2 Å². The van der Waals surface area contributed by atoms with Crippen molar-refractivity contribution < 1.29 is 28.6 Å².